The van der Waals surface area contributed by atoms with E-state index >= 15 is 0 Å². The van der Waals surface area contributed by atoms with Gasteiger partial charge in [-0.05, 0) is 56.9 Å². The molecule has 0 atom stereocenters. The number of aliphatic imine (C=N–C) groups is 1. The summed E-state index contributed by atoms with van der Waals surface area (Å²) in [5, 5.41) is 6.35. The Morgan fingerprint density at radius 3 is 2.46 bits per heavy atom. The second-order valence-electron chi connectivity index (χ2n) is 6.94. The molecule has 1 aliphatic rings. The van der Waals surface area contributed by atoms with Crippen molar-refractivity contribution in [2.24, 2.45) is 10.9 Å². The molecule has 0 aliphatic carbocycles. The Balaban J connectivity index is 1.63. The number of nitrogens with one attached hydrogen (secondary N) is 2. The highest BCUT2D eigenvalue weighted by Crippen LogP contribution is 2.15. The maximum Gasteiger partial charge on any atom is 0.191 e. The number of sulfone groups is 1. The minimum atomic E-state index is -3.26. The zero-order chi connectivity index (χ0) is 18.8. The van der Waals surface area contributed by atoms with E-state index in [1.165, 1.54) is 25.9 Å². The van der Waals surface area contributed by atoms with Gasteiger partial charge in [-0.1, -0.05) is 25.1 Å². The van der Waals surface area contributed by atoms with Crippen molar-refractivity contribution in [2.45, 2.75) is 31.1 Å². The van der Waals surface area contributed by atoms with Gasteiger partial charge in [0.15, 0.2) is 15.8 Å². The van der Waals surface area contributed by atoms with Crippen LogP contribution in [-0.2, 0) is 9.84 Å². The highest BCUT2D eigenvalue weighted by Gasteiger charge is 2.15. The minimum absolute atomic E-state index is 0.0453. The summed E-state index contributed by atoms with van der Waals surface area (Å²) < 4.78 is 24.5. The van der Waals surface area contributed by atoms with Gasteiger partial charge in [-0.2, -0.15) is 0 Å². The summed E-state index contributed by atoms with van der Waals surface area (Å²) in [7, 11) is -1.56. The van der Waals surface area contributed by atoms with E-state index in [1.807, 2.05) is 6.07 Å². The van der Waals surface area contributed by atoms with Crippen LogP contribution in [0.2, 0.25) is 0 Å². The first-order valence-electron chi connectivity index (χ1n) is 9.46. The fourth-order valence-electron chi connectivity index (χ4n) is 3.07. The van der Waals surface area contributed by atoms with Crippen LogP contribution in [-0.4, -0.2) is 64.8 Å². The highest BCUT2D eigenvalue weighted by atomic mass is 32.2. The quantitative estimate of drug-likeness (QED) is 0.408. The summed E-state index contributed by atoms with van der Waals surface area (Å²) in [6, 6.07) is 8.55. The predicted octanol–water partition coefficient (Wildman–Crippen LogP) is 1.75. The van der Waals surface area contributed by atoms with Gasteiger partial charge in [-0.3, -0.25) is 4.99 Å². The first-order valence-corrected chi connectivity index (χ1v) is 11.1. The molecule has 7 heteroatoms. The lowest BCUT2D eigenvalue weighted by Gasteiger charge is -2.30. The Bertz CT molecular complexity index is 653. The molecule has 6 nitrogen and oxygen atoms in total. The van der Waals surface area contributed by atoms with E-state index in [1.54, 1.807) is 31.3 Å². The summed E-state index contributed by atoms with van der Waals surface area (Å²) in [4.78, 5) is 7.04. The number of piperidine rings is 1. The molecular formula is C19H32N4O2S. The van der Waals surface area contributed by atoms with Crippen LogP contribution in [0.15, 0.2) is 40.2 Å². The molecule has 1 aromatic rings. The topological polar surface area (TPSA) is 73.8 Å². The SMILES string of the molecule is CN=C(NCCCN1CCC(C)CC1)NCCS(=O)(=O)c1ccccc1. The van der Waals surface area contributed by atoms with Crippen molar-refractivity contribution in [3.63, 3.8) is 0 Å². The molecule has 1 fully saturated rings. The average molecular weight is 381 g/mol. The highest BCUT2D eigenvalue weighted by molar-refractivity contribution is 7.91. The standard InChI is InChI=1S/C19H32N4O2S/c1-17-9-14-23(15-10-17)13-6-11-21-19(20-2)22-12-16-26(24,25)18-7-4-3-5-8-18/h3-5,7-8,17H,6,9-16H2,1-2H3,(H2,20,21,22). The summed E-state index contributed by atoms with van der Waals surface area (Å²) in [5.41, 5.74) is 0. The molecule has 0 radical (unpaired) electrons. The largest absolute Gasteiger partial charge is 0.356 e. The maximum absolute atomic E-state index is 12.3. The van der Waals surface area contributed by atoms with Gasteiger partial charge in [0.25, 0.3) is 0 Å². The molecule has 2 N–H and O–H groups in total. The maximum atomic E-state index is 12.3. The van der Waals surface area contributed by atoms with Crippen LogP contribution >= 0.6 is 0 Å². The number of benzene rings is 1. The Kier molecular flexibility index (Phi) is 8.38. The van der Waals surface area contributed by atoms with Crippen molar-refractivity contribution in [1.82, 2.24) is 15.5 Å². The molecule has 0 aromatic heterocycles. The number of hydrogen-bond donors (Lipinski definition) is 2. The van der Waals surface area contributed by atoms with Crippen molar-refractivity contribution in [2.75, 3.05) is 45.5 Å². The normalized spacial score (nSPS) is 17.2. The molecule has 0 bridgehead atoms. The third kappa shape index (κ3) is 6.96. The van der Waals surface area contributed by atoms with E-state index in [0.717, 1.165) is 25.4 Å². The number of hydrogen-bond acceptors (Lipinski definition) is 4. The molecule has 0 amide bonds. The Hall–Kier alpha value is -1.60. The third-order valence-electron chi connectivity index (χ3n) is 4.81. The lowest BCUT2D eigenvalue weighted by atomic mass is 9.99. The minimum Gasteiger partial charge on any atom is -0.356 e. The van der Waals surface area contributed by atoms with Gasteiger partial charge >= 0.3 is 0 Å². The fraction of sp³-hybridized carbons (Fsp3) is 0.632. The van der Waals surface area contributed by atoms with E-state index in [2.05, 4.69) is 27.4 Å². The summed E-state index contributed by atoms with van der Waals surface area (Å²) in [5.74, 6) is 1.56. The van der Waals surface area contributed by atoms with Gasteiger partial charge in [-0.15, -0.1) is 0 Å². The molecule has 1 aliphatic heterocycles. The summed E-state index contributed by atoms with van der Waals surface area (Å²) >= 11 is 0. The Morgan fingerprint density at radius 1 is 1.15 bits per heavy atom. The smallest absolute Gasteiger partial charge is 0.191 e. The third-order valence-corrected chi connectivity index (χ3v) is 6.54. The fourth-order valence-corrected chi connectivity index (χ4v) is 4.24. The molecule has 26 heavy (non-hydrogen) atoms. The van der Waals surface area contributed by atoms with Crippen LogP contribution in [0.25, 0.3) is 0 Å². The number of likely N-dealkylation sites (tertiary alicyclic amines) is 1. The summed E-state index contributed by atoms with van der Waals surface area (Å²) in [6.07, 6.45) is 3.65. The van der Waals surface area contributed by atoms with Crippen LogP contribution < -0.4 is 10.6 Å². The Labute approximate surface area is 158 Å². The van der Waals surface area contributed by atoms with Gasteiger partial charge in [0.05, 0.1) is 10.6 Å². The van der Waals surface area contributed by atoms with Crippen LogP contribution in [0, 0.1) is 5.92 Å². The van der Waals surface area contributed by atoms with Crippen LogP contribution in [0.1, 0.15) is 26.2 Å². The van der Waals surface area contributed by atoms with E-state index in [-0.39, 0.29) is 5.75 Å². The zero-order valence-corrected chi connectivity index (χ0v) is 16.8. The van der Waals surface area contributed by atoms with Crippen molar-refractivity contribution < 1.29 is 8.42 Å². The molecule has 1 aromatic carbocycles. The molecule has 0 spiro atoms. The monoisotopic (exact) mass is 380 g/mol. The molecule has 1 saturated heterocycles. The van der Waals surface area contributed by atoms with E-state index in [4.69, 9.17) is 0 Å². The van der Waals surface area contributed by atoms with Crippen LogP contribution in [0.4, 0.5) is 0 Å². The lowest BCUT2D eigenvalue weighted by Crippen LogP contribution is -2.41. The van der Waals surface area contributed by atoms with Crippen LogP contribution in [0.5, 0.6) is 0 Å². The molecule has 0 saturated carbocycles. The Morgan fingerprint density at radius 2 is 1.81 bits per heavy atom. The van der Waals surface area contributed by atoms with Crippen molar-refractivity contribution in [1.29, 1.82) is 0 Å². The average Bonchev–Trinajstić information content (AvgIpc) is 2.65. The van der Waals surface area contributed by atoms with Gasteiger partial charge in [-0.25, -0.2) is 8.42 Å². The lowest BCUT2D eigenvalue weighted by molar-refractivity contribution is 0.191. The van der Waals surface area contributed by atoms with E-state index in [9.17, 15) is 8.42 Å². The van der Waals surface area contributed by atoms with Crippen molar-refractivity contribution in [3.05, 3.63) is 30.3 Å². The van der Waals surface area contributed by atoms with E-state index < -0.39 is 9.84 Å². The van der Waals surface area contributed by atoms with E-state index in [0.29, 0.717) is 17.4 Å². The van der Waals surface area contributed by atoms with Gasteiger partial charge in [0.1, 0.15) is 0 Å². The second-order valence-corrected chi connectivity index (χ2v) is 9.04. The first kappa shape index (κ1) is 20.7. The zero-order valence-electron chi connectivity index (χ0n) is 15.9. The number of nitrogens with zero attached hydrogens (tertiary/aromatic N) is 2. The second kappa shape index (κ2) is 10.5. The van der Waals surface area contributed by atoms with Gasteiger partial charge in [0, 0.05) is 20.1 Å². The van der Waals surface area contributed by atoms with Gasteiger partial charge < -0.3 is 15.5 Å². The van der Waals surface area contributed by atoms with Crippen molar-refractivity contribution in [3.8, 4) is 0 Å². The molecule has 0 unspecified atom stereocenters. The molecule has 1 heterocycles. The van der Waals surface area contributed by atoms with Crippen molar-refractivity contribution >= 4 is 15.8 Å². The first-order chi connectivity index (χ1) is 12.5. The summed E-state index contributed by atoms with van der Waals surface area (Å²) in [6.45, 7) is 6.99. The van der Waals surface area contributed by atoms with Crippen LogP contribution in [0.3, 0.4) is 0 Å². The predicted molar refractivity (Wildman–Crippen MR) is 107 cm³/mol. The van der Waals surface area contributed by atoms with Gasteiger partial charge in [0.2, 0.25) is 0 Å². The molecule has 146 valence electrons. The molecule has 2 rings (SSSR count). The number of guanidine groups is 1. The number of rotatable bonds is 8. The molecular weight excluding hydrogens is 348 g/mol.